The zero-order chi connectivity index (χ0) is 24.4. The number of piperidine rings is 1. The molecule has 0 radical (unpaired) electrons. The van der Waals surface area contributed by atoms with Crippen LogP contribution in [-0.4, -0.2) is 43.7 Å². The third-order valence-electron chi connectivity index (χ3n) is 8.61. The molecule has 0 amide bonds. The molecular weight excluding hydrogens is 468 g/mol. The van der Waals surface area contributed by atoms with Crippen LogP contribution in [-0.2, 0) is 9.47 Å². The summed E-state index contributed by atoms with van der Waals surface area (Å²) in [7, 11) is 1.94. The van der Waals surface area contributed by atoms with Gasteiger partial charge in [-0.1, -0.05) is 19.3 Å². The van der Waals surface area contributed by atoms with Crippen LogP contribution in [0.5, 0.6) is 5.75 Å². The molecule has 1 aromatic heterocycles. The molecule has 1 aliphatic carbocycles. The molecule has 6 rings (SSSR count). The van der Waals surface area contributed by atoms with Gasteiger partial charge >= 0.3 is 0 Å². The number of anilines is 1. The molecule has 1 saturated carbocycles. The van der Waals surface area contributed by atoms with E-state index in [1.807, 2.05) is 19.2 Å². The fourth-order valence-electron chi connectivity index (χ4n) is 6.42. The Morgan fingerprint density at radius 2 is 1.72 bits per heavy atom. The van der Waals surface area contributed by atoms with E-state index in [1.165, 1.54) is 48.9 Å². The van der Waals surface area contributed by atoms with Crippen molar-refractivity contribution in [2.45, 2.75) is 76.1 Å². The molecule has 1 unspecified atom stereocenters. The molecule has 5 nitrogen and oxygen atoms in total. The quantitative estimate of drug-likeness (QED) is 0.348. The Hall–Kier alpha value is -2.15. The van der Waals surface area contributed by atoms with Crippen LogP contribution in [0.3, 0.4) is 0 Å². The number of fused-ring (bicyclic) bond motifs is 1. The van der Waals surface area contributed by atoms with E-state index in [2.05, 4.69) is 35.2 Å². The lowest BCUT2D eigenvalue weighted by molar-refractivity contribution is -0.105. The van der Waals surface area contributed by atoms with Crippen LogP contribution in [0.25, 0.3) is 20.8 Å². The van der Waals surface area contributed by atoms with Crippen LogP contribution < -0.4 is 9.64 Å². The Bertz CT molecular complexity index is 1140. The molecule has 0 N–H and O–H groups in total. The van der Waals surface area contributed by atoms with Gasteiger partial charge < -0.3 is 19.1 Å². The highest BCUT2D eigenvalue weighted by atomic mass is 32.1. The van der Waals surface area contributed by atoms with Gasteiger partial charge in [-0.15, -0.1) is 11.3 Å². The third-order valence-corrected chi connectivity index (χ3v) is 9.68. The zero-order valence-corrected chi connectivity index (χ0v) is 22.2. The molecule has 36 heavy (non-hydrogen) atoms. The fraction of sp³-hybridized carbons (Fsp3) is 0.567. The van der Waals surface area contributed by atoms with Crippen molar-refractivity contribution in [2.24, 2.45) is 5.92 Å². The van der Waals surface area contributed by atoms with Crippen LogP contribution in [0, 0.1) is 5.92 Å². The van der Waals surface area contributed by atoms with Gasteiger partial charge in [0.1, 0.15) is 10.8 Å². The van der Waals surface area contributed by atoms with Crippen molar-refractivity contribution in [1.29, 1.82) is 0 Å². The van der Waals surface area contributed by atoms with Gasteiger partial charge in [-0.05, 0) is 86.9 Å². The van der Waals surface area contributed by atoms with Crippen molar-refractivity contribution in [3.63, 3.8) is 0 Å². The summed E-state index contributed by atoms with van der Waals surface area (Å²) >= 11 is 1.77. The van der Waals surface area contributed by atoms with E-state index < -0.39 is 0 Å². The average molecular weight is 507 g/mol. The van der Waals surface area contributed by atoms with Gasteiger partial charge in [0.05, 0.1) is 22.4 Å². The summed E-state index contributed by atoms with van der Waals surface area (Å²) in [6.45, 7) is 2.92. The van der Waals surface area contributed by atoms with E-state index in [0.717, 1.165) is 73.1 Å². The summed E-state index contributed by atoms with van der Waals surface area (Å²) in [5.74, 6) is 1.59. The van der Waals surface area contributed by atoms with E-state index >= 15 is 0 Å². The van der Waals surface area contributed by atoms with Crippen LogP contribution in [0.4, 0.5) is 5.69 Å². The Balaban J connectivity index is 1.13. The van der Waals surface area contributed by atoms with Gasteiger partial charge in [0.2, 0.25) is 0 Å². The number of aromatic nitrogens is 1. The van der Waals surface area contributed by atoms with Crippen molar-refractivity contribution in [2.75, 3.05) is 31.7 Å². The van der Waals surface area contributed by atoms with Gasteiger partial charge in [0.15, 0.2) is 6.29 Å². The van der Waals surface area contributed by atoms with Crippen LogP contribution >= 0.6 is 11.3 Å². The second kappa shape index (κ2) is 10.7. The highest BCUT2D eigenvalue weighted by Gasteiger charge is 2.42. The summed E-state index contributed by atoms with van der Waals surface area (Å²) in [6, 6.07) is 15.0. The van der Waals surface area contributed by atoms with Crippen molar-refractivity contribution in [3.05, 3.63) is 42.5 Å². The van der Waals surface area contributed by atoms with Crippen molar-refractivity contribution in [1.82, 2.24) is 4.98 Å². The van der Waals surface area contributed by atoms with Gasteiger partial charge in [0.25, 0.3) is 0 Å². The van der Waals surface area contributed by atoms with Gasteiger partial charge in [-0.3, -0.25) is 0 Å². The standard InChI is InChI=1S/C30H38N2O3S/c1-33-30(23-7-3-2-4-8-23)16-18-32(19-17-30)24-12-15-26-27(21-24)36-29(31-26)22-10-13-25(14-11-22)35-28-9-5-6-20-34-28/h10-15,21,23,28H,2-9,16-20H2,1H3. The smallest absolute Gasteiger partial charge is 0.199 e. The Morgan fingerprint density at radius 3 is 2.44 bits per heavy atom. The molecule has 0 spiro atoms. The minimum absolute atomic E-state index is 0.0810. The topological polar surface area (TPSA) is 43.8 Å². The number of methoxy groups -OCH3 is 1. The maximum Gasteiger partial charge on any atom is 0.199 e. The Kier molecular flexibility index (Phi) is 7.18. The molecule has 3 fully saturated rings. The third kappa shape index (κ3) is 5.00. The fourth-order valence-corrected chi connectivity index (χ4v) is 7.42. The lowest BCUT2D eigenvalue weighted by Gasteiger charge is -2.47. The summed E-state index contributed by atoms with van der Waals surface area (Å²) in [6.07, 6.45) is 12.2. The van der Waals surface area contributed by atoms with Crippen molar-refractivity contribution < 1.29 is 14.2 Å². The Morgan fingerprint density at radius 1 is 0.944 bits per heavy atom. The molecule has 2 aliphatic heterocycles. The number of thiazole rings is 1. The van der Waals surface area contributed by atoms with Crippen LogP contribution in [0.15, 0.2) is 42.5 Å². The maximum atomic E-state index is 6.23. The minimum Gasteiger partial charge on any atom is -0.465 e. The molecule has 1 atom stereocenters. The molecule has 6 heteroatoms. The molecule has 2 aromatic carbocycles. The van der Waals surface area contributed by atoms with E-state index in [1.54, 1.807) is 11.3 Å². The number of benzene rings is 2. The largest absolute Gasteiger partial charge is 0.465 e. The molecule has 3 heterocycles. The average Bonchev–Trinajstić information content (AvgIpc) is 3.38. The lowest BCUT2D eigenvalue weighted by Crippen LogP contribution is -2.50. The Labute approximate surface area is 218 Å². The number of ether oxygens (including phenoxy) is 3. The van der Waals surface area contributed by atoms with Crippen molar-refractivity contribution >= 4 is 27.2 Å². The highest BCUT2D eigenvalue weighted by molar-refractivity contribution is 7.21. The van der Waals surface area contributed by atoms with Gasteiger partial charge in [0, 0.05) is 37.9 Å². The zero-order valence-electron chi connectivity index (χ0n) is 21.4. The van der Waals surface area contributed by atoms with Crippen LogP contribution in [0.1, 0.15) is 64.2 Å². The van der Waals surface area contributed by atoms with E-state index in [9.17, 15) is 0 Å². The molecule has 2 saturated heterocycles. The first kappa shape index (κ1) is 24.2. The first-order chi connectivity index (χ1) is 17.7. The number of hydrogen-bond acceptors (Lipinski definition) is 6. The maximum absolute atomic E-state index is 6.23. The van der Waals surface area contributed by atoms with Gasteiger partial charge in [-0.2, -0.15) is 0 Å². The molecule has 192 valence electrons. The highest BCUT2D eigenvalue weighted by Crippen LogP contribution is 2.42. The number of nitrogens with zero attached hydrogens (tertiary/aromatic N) is 2. The normalized spacial score (nSPS) is 23.1. The monoisotopic (exact) mass is 506 g/mol. The molecule has 0 bridgehead atoms. The molecular formula is C30H38N2O3S. The van der Waals surface area contributed by atoms with E-state index in [4.69, 9.17) is 19.2 Å². The summed E-state index contributed by atoms with van der Waals surface area (Å²) in [5.41, 5.74) is 3.59. The second-order valence-corrected chi connectivity index (χ2v) is 11.7. The van der Waals surface area contributed by atoms with Crippen molar-refractivity contribution in [3.8, 4) is 16.3 Å². The number of rotatable bonds is 6. The molecule has 3 aliphatic rings. The first-order valence-corrected chi connectivity index (χ1v) is 14.6. The first-order valence-electron chi connectivity index (χ1n) is 13.8. The summed E-state index contributed by atoms with van der Waals surface area (Å²) in [5, 5.41) is 1.05. The lowest BCUT2D eigenvalue weighted by atomic mass is 9.72. The molecule has 3 aromatic rings. The van der Waals surface area contributed by atoms with Crippen LogP contribution in [0.2, 0.25) is 0 Å². The SMILES string of the molecule is COC1(C2CCCCC2)CCN(c2ccc3nc(-c4ccc(OC5CCCCO5)cc4)sc3c2)CC1. The number of hydrogen-bond donors (Lipinski definition) is 0. The summed E-state index contributed by atoms with van der Waals surface area (Å²) < 4.78 is 19.2. The van der Waals surface area contributed by atoms with Gasteiger partial charge in [-0.25, -0.2) is 4.98 Å². The van der Waals surface area contributed by atoms with E-state index in [-0.39, 0.29) is 11.9 Å². The predicted molar refractivity (Wildman–Crippen MR) is 147 cm³/mol. The minimum atomic E-state index is -0.114. The predicted octanol–water partition coefficient (Wildman–Crippen LogP) is 7.43. The van der Waals surface area contributed by atoms with E-state index in [0.29, 0.717) is 0 Å². The summed E-state index contributed by atoms with van der Waals surface area (Å²) in [4.78, 5) is 7.47. The second-order valence-electron chi connectivity index (χ2n) is 10.7.